The van der Waals surface area contributed by atoms with Gasteiger partial charge in [0.15, 0.2) is 0 Å². The number of rotatable bonds is 4. The van der Waals surface area contributed by atoms with Crippen molar-refractivity contribution in [1.29, 1.82) is 0 Å². The predicted molar refractivity (Wildman–Crippen MR) is 63.5 cm³/mol. The molecule has 9 heteroatoms. The average Bonchev–Trinajstić information content (AvgIpc) is 2.89. The second kappa shape index (κ2) is 5.12. The van der Waals surface area contributed by atoms with E-state index in [0.717, 1.165) is 12.3 Å². The van der Waals surface area contributed by atoms with Crippen LogP contribution in [0.1, 0.15) is 16.1 Å². The highest BCUT2D eigenvalue weighted by Gasteiger charge is 2.15. The van der Waals surface area contributed by atoms with E-state index >= 15 is 0 Å². The SMILES string of the molecule is O=C(NCc1cnc[nH]1)c1cc([N+](=O)[O-])c[nH]c1=O. The monoisotopic (exact) mass is 263 g/mol. The number of hydrogen-bond acceptors (Lipinski definition) is 5. The van der Waals surface area contributed by atoms with E-state index in [-0.39, 0.29) is 17.8 Å². The van der Waals surface area contributed by atoms with Gasteiger partial charge in [0.1, 0.15) is 5.56 Å². The van der Waals surface area contributed by atoms with Gasteiger partial charge in [-0.15, -0.1) is 0 Å². The van der Waals surface area contributed by atoms with Crippen molar-refractivity contribution in [2.24, 2.45) is 0 Å². The number of carbonyl (C=O) groups is 1. The van der Waals surface area contributed by atoms with Crippen molar-refractivity contribution in [3.8, 4) is 0 Å². The van der Waals surface area contributed by atoms with E-state index < -0.39 is 16.4 Å². The fraction of sp³-hybridized carbons (Fsp3) is 0.100. The van der Waals surface area contributed by atoms with E-state index in [1.807, 2.05) is 0 Å². The maximum atomic E-state index is 11.7. The maximum Gasteiger partial charge on any atom is 0.286 e. The van der Waals surface area contributed by atoms with Crippen molar-refractivity contribution in [2.75, 3.05) is 0 Å². The van der Waals surface area contributed by atoms with Crippen LogP contribution in [-0.2, 0) is 6.54 Å². The summed E-state index contributed by atoms with van der Waals surface area (Å²) in [7, 11) is 0. The van der Waals surface area contributed by atoms with Gasteiger partial charge in [0, 0.05) is 12.3 Å². The van der Waals surface area contributed by atoms with Gasteiger partial charge in [-0.25, -0.2) is 4.98 Å². The van der Waals surface area contributed by atoms with Crippen molar-refractivity contribution in [1.82, 2.24) is 20.3 Å². The molecule has 0 aliphatic rings. The summed E-state index contributed by atoms with van der Waals surface area (Å²) in [4.78, 5) is 41.7. The van der Waals surface area contributed by atoms with E-state index in [4.69, 9.17) is 0 Å². The van der Waals surface area contributed by atoms with Crippen LogP contribution in [0.25, 0.3) is 0 Å². The van der Waals surface area contributed by atoms with Crippen LogP contribution in [0.5, 0.6) is 0 Å². The molecule has 0 saturated carbocycles. The summed E-state index contributed by atoms with van der Waals surface area (Å²) in [5, 5.41) is 13.0. The number of pyridine rings is 1. The lowest BCUT2D eigenvalue weighted by atomic mass is 10.2. The van der Waals surface area contributed by atoms with Crippen molar-refractivity contribution in [2.45, 2.75) is 6.54 Å². The summed E-state index contributed by atoms with van der Waals surface area (Å²) >= 11 is 0. The third kappa shape index (κ3) is 2.83. The molecule has 9 nitrogen and oxygen atoms in total. The number of nitrogens with one attached hydrogen (secondary N) is 3. The molecule has 2 aromatic rings. The van der Waals surface area contributed by atoms with Crippen molar-refractivity contribution < 1.29 is 9.72 Å². The fourth-order valence-corrected chi connectivity index (χ4v) is 1.40. The Morgan fingerprint density at radius 2 is 2.26 bits per heavy atom. The fourth-order valence-electron chi connectivity index (χ4n) is 1.40. The van der Waals surface area contributed by atoms with Crippen LogP contribution in [0, 0.1) is 10.1 Å². The van der Waals surface area contributed by atoms with Crippen LogP contribution in [-0.4, -0.2) is 25.8 Å². The normalized spacial score (nSPS) is 10.1. The number of aromatic nitrogens is 3. The molecule has 0 radical (unpaired) electrons. The molecule has 2 heterocycles. The number of hydrogen-bond donors (Lipinski definition) is 3. The van der Waals surface area contributed by atoms with Gasteiger partial charge >= 0.3 is 0 Å². The number of carbonyl (C=O) groups excluding carboxylic acids is 1. The minimum atomic E-state index is -0.695. The van der Waals surface area contributed by atoms with Crippen LogP contribution in [0.3, 0.4) is 0 Å². The van der Waals surface area contributed by atoms with Gasteiger partial charge in [0.05, 0.1) is 29.7 Å². The second-order valence-corrected chi connectivity index (χ2v) is 3.62. The Hall–Kier alpha value is -2.97. The first-order valence-electron chi connectivity index (χ1n) is 5.20. The quantitative estimate of drug-likeness (QED) is 0.524. The third-order valence-corrected chi connectivity index (χ3v) is 2.34. The molecule has 19 heavy (non-hydrogen) atoms. The number of nitrogens with zero attached hydrogens (tertiary/aromatic N) is 2. The molecule has 0 aromatic carbocycles. The standard InChI is InChI=1S/C10H9N5O4/c16-9(12-3-6-2-11-5-14-6)8-1-7(15(18)19)4-13-10(8)17/h1-2,4-5H,3H2,(H,11,14)(H,12,16)(H,13,17). The van der Waals surface area contributed by atoms with Gasteiger partial charge < -0.3 is 15.3 Å². The lowest BCUT2D eigenvalue weighted by molar-refractivity contribution is -0.385. The van der Waals surface area contributed by atoms with Crippen molar-refractivity contribution in [3.05, 3.63) is 56.5 Å². The summed E-state index contributed by atoms with van der Waals surface area (Å²) in [6.07, 6.45) is 3.90. The number of aromatic amines is 2. The largest absolute Gasteiger partial charge is 0.347 e. The molecule has 0 saturated heterocycles. The van der Waals surface area contributed by atoms with Crippen LogP contribution in [0.15, 0.2) is 29.6 Å². The molecule has 0 spiro atoms. The smallest absolute Gasteiger partial charge is 0.286 e. The Balaban J connectivity index is 2.16. The molecule has 0 atom stereocenters. The topological polar surface area (TPSA) is 134 Å². The van der Waals surface area contributed by atoms with Crippen LogP contribution in [0.2, 0.25) is 0 Å². The summed E-state index contributed by atoms with van der Waals surface area (Å²) in [6, 6.07) is 0.932. The zero-order valence-electron chi connectivity index (χ0n) is 9.54. The zero-order valence-corrected chi connectivity index (χ0v) is 9.54. The molecule has 3 N–H and O–H groups in total. The molecular weight excluding hydrogens is 254 g/mol. The molecule has 0 bridgehead atoms. The Morgan fingerprint density at radius 3 is 2.89 bits per heavy atom. The second-order valence-electron chi connectivity index (χ2n) is 3.62. The number of imidazole rings is 1. The third-order valence-electron chi connectivity index (χ3n) is 2.34. The van der Waals surface area contributed by atoms with Crippen molar-refractivity contribution >= 4 is 11.6 Å². The average molecular weight is 263 g/mol. The van der Waals surface area contributed by atoms with Gasteiger partial charge in [-0.1, -0.05) is 0 Å². The molecule has 1 amide bonds. The Labute approximate surface area is 105 Å². The highest BCUT2D eigenvalue weighted by Crippen LogP contribution is 2.08. The summed E-state index contributed by atoms with van der Waals surface area (Å²) in [5.74, 6) is -0.695. The highest BCUT2D eigenvalue weighted by atomic mass is 16.6. The first-order valence-corrected chi connectivity index (χ1v) is 5.20. The lowest BCUT2D eigenvalue weighted by Crippen LogP contribution is -2.29. The number of nitro groups is 1. The summed E-state index contributed by atoms with van der Waals surface area (Å²) in [5.41, 5.74) is -0.706. The van der Waals surface area contributed by atoms with Gasteiger partial charge in [0.2, 0.25) is 0 Å². The van der Waals surface area contributed by atoms with Gasteiger partial charge in [-0.2, -0.15) is 0 Å². The summed E-state index contributed by atoms with van der Waals surface area (Å²) in [6.45, 7) is 0.140. The molecule has 2 rings (SSSR count). The number of amides is 1. The van der Waals surface area contributed by atoms with E-state index in [9.17, 15) is 19.7 Å². The maximum absolute atomic E-state index is 11.7. The van der Waals surface area contributed by atoms with Crippen molar-refractivity contribution in [3.63, 3.8) is 0 Å². The molecule has 2 aromatic heterocycles. The number of H-pyrrole nitrogens is 2. The molecule has 0 unspecified atom stereocenters. The molecule has 98 valence electrons. The Bertz CT molecular complexity index is 661. The minimum absolute atomic E-state index is 0.140. The Kier molecular flexibility index (Phi) is 3.37. The Morgan fingerprint density at radius 1 is 1.47 bits per heavy atom. The molecule has 0 aliphatic heterocycles. The van der Waals surface area contributed by atoms with Gasteiger partial charge in [0.25, 0.3) is 17.2 Å². The highest BCUT2D eigenvalue weighted by molar-refractivity contribution is 5.94. The van der Waals surface area contributed by atoms with E-state index in [1.54, 1.807) is 0 Å². The van der Waals surface area contributed by atoms with E-state index in [0.29, 0.717) is 5.69 Å². The molecule has 0 aliphatic carbocycles. The molecular formula is C10H9N5O4. The van der Waals surface area contributed by atoms with Crippen LogP contribution in [0.4, 0.5) is 5.69 Å². The zero-order chi connectivity index (χ0) is 13.8. The van der Waals surface area contributed by atoms with Gasteiger partial charge in [-0.3, -0.25) is 19.7 Å². The van der Waals surface area contributed by atoms with E-state index in [2.05, 4.69) is 20.3 Å². The minimum Gasteiger partial charge on any atom is -0.347 e. The van der Waals surface area contributed by atoms with Gasteiger partial charge in [-0.05, 0) is 0 Å². The van der Waals surface area contributed by atoms with Crippen LogP contribution >= 0.6 is 0 Å². The lowest BCUT2D eigenvalue weighted by Gasteiger charge is -2.02. The first-order chi connectivity index (χ1) is 9.08. The molecule has 0 fully saturated rings. The summed E-state index contributed by atoms with van der Waals surface area (Å²) < 4.78 is 0. The predicted octanol–water partition coefficient (Wildman–Crippen LogP) is -0.0638. The first kappa shape index (κ1) is 12.5. The van der Waals surface area contributed by atoms with E-state index in [1.165, 1.54) is 12.5 Å². The van der Waals surface area contributed by atoms with Crippen LogP contribution < -0.4 is 10.9 Å².